The Labute approximate surface area is 87.1 Å². The molecule has 0 radical (unpaired) electrons. The lowest BCUT2D eigenvalue weighted by Crippen LogP contribution is -2.29. The lowest BCUT2D eigenvalue weighted by Gasteiger charge is -2.18. The van der Waals surface area contributed by atoms with Crippen molar-refractivity contribution in [3.05, 3.63) is 0 Å². The maximum atomic E-state index is 3.45. The lowest BCUT2D eigenvalue weighted by atomic mass is 10.0. The first-order valence-electron chi connectivity index (χ1n) is 5.63. The molecule has 1 saturated carbocycles. The topological polar surface area (TPSA) is 12.0 Å². The highest BCUT2D eigenvalue weighted by Crippen LogP contribution is 2.29. The molecule has 1 fully saturated rings. The van der Waals surface area contributed by atoms with Gasteiger partial charge in [-0.05, 0) is 50.2 Å². The largest absolute Gasteiger partial charge is 0.317 e. The van der Waals surface area contributed by atoms with Crippen LogP contribution in [0.5, 0.6) is 0 Å². The third kappa shape index (κ3) is 3.90. The summed E-state index contributed by atoms with van der Waals surface area (Å²) in [4.78, 5) is 0. The molecule has 0 aromatic heterocycles. The molecule has 2 unspecified atom stereocenters. The zero-order chi connectivity index (χ0) is 9.52. The van der Waals surface area contributed by atoms with Gasteiger partial charge in [0.05, 0.1) is 0 Å². The van der Waals surface area contributed by atoms with Crippen LogP contribution >= 0.6 is 11.8 Å². The Hall–Kier alpha value is 0.310. The van der Waals surface area contributed by atoms with Crippen molar-refractivity contribution in [2.75, 3.05) is 18.6 Å². The average Bonchev–Trinajstić information content (AvgIpc) is 2.60. The van der Waals surface area contributed by atoms with E-state index >= 15 is 0 Å². The van der Waals surface area contributed by atoms with E-state index in [1.54, 1.807) is 0 Å². The van der Waals surface area contributed by atoms with Crippen molar-refractivity contribution in [2.45, 2.75) is 45.1 Å². The van der Waals surface area contributed by atoms with Gasteiger partial charge in [-0.2, -0.15) is 11.8 Å². The Morgan fingerprint density at radius 1 is 1.31 bits per heavy atom. The minimum absolute atomic E-state index is 0.822. The monoisotopic (exact) mass is 201 g/mol. The van der Waals surface area contributed by atoms with E-state index in [9.17, 15) is 0 Å². The Morgan fingerprint density at radius 3 is 2.85 bits per heavy atom. The quantitative estimate of drug-likeness (QED) is 0.663. The number of nitrogens with one attached hydrogen (secondary N) is 1. The molecule has 1 aliphatic carbocycles. The molecule has 0 aliphatic heterocycles. The van der Waals surface area contributed by atoms with Crippen LogP contribution in [-0.2, 0) is 0 Å². The van der Waals surface area contributed by atoms with Crippen molar-refractivity contribution in [1.29, 1.82) is 0 Å². The predicted octanol–water partition coefficient (Wildman–Crippen LogP) is 2.91. The number of rotatable bonds is 6. The van der Waals surface area contributed by atoms with E-state index in [4.69, 9.17) is 0 Å². The molecule has 2 heteroatoms. The number of hydrogen-bond donors (Lipinski definition) is 1. The first-order chi connectivity index (χ1) is 6.38. The minimum atomic E-state index is 0.822. The molecule has 0 aromatic carbocycles. The second-order valence-electron chi connectivity index (χ2n) is 3.99. The van der Waals surface area contributed by atoms with Crippen molar-refractivity contribution in [3.8, 4) is 0 Å². The summed E-state index contributed by atoms with van der Waals surface area (Å²) in [5.74, 6) is 3.68. The molecule has 0 heterocycles. The van der Waals surface area contributed by atoms with Gasteiger partial charge in [0.15, 0.2) is 0 Å². The molecule has 1 aliphatic rings. The van der Waals surface area contributed by atoms with E-state index in [0.717, 1.165) is 12.0 Å². The Kier molecular flexibility index (Phi) is 5.88. The molecular weight excluding hydrogens is 178 g/mol. The molecule has 78 valence electrons. The van der Waals surface area contributed by atoms with E-state index < -0.39 is 0 Å². The van der Waals surface area contributed by atoms with Crippen LogP contribution in [-0.4, -0.2) is 24.6 Å². The van der Waals surface area contributed by atoms with Gasteiger partial charge in [-0.25, -0.2) is 0 Å². The van der Waals surface area contributed by atoms with Gasteiger partial charge in [0.1, 0.15) is 0 Å². The lowest BCUT2D eigenvalue weighted by molar-refractivity contribution is 0.417. The molecular formula is C11H23NS. The maximum absolute atomic E-state index is 3.45. The molecule has 0 saturated heterocycles. The fourth-order valence-corrected chi connectivity index (χ4v) is 3.21. The minimum Gasteiger partial charge on any atom is -0.317 e. The van der Waals surface area contributed by atoms with Gasteiger partial charge in [0.2, 0.25) is 0 Å². The van der Waals surface area contributed by atoms with Crippen LogP contribution in [0.15, 0.2) is 0 Å². The van der Waals surface area contributed by atoms with E-state index in [-0.39, 0.29) is 0 Å². The second-order valence-corrected chi connectivity index (χ2v) is 5.21. The van der Waals surface area contributed by atoms with E-state index in [1.165, 1.54) is 43.6 Å². The van der Waals surface area contributed by atoms with Crippen LogP contribution in [0, 0.1) is 5.92 Å². The Bertz CT molecular complexity index is 127. The normalized spacial score (nSPS) is 28.2. The van der Waals surface area contributed by atoms with Crippen molar-refractivity contribution in [1.82, 2.24) is 5.32 Å². The first-order valence-corrected chi connectivity index (χ1v) is 6.79. The van der Waals surface area contributed by atoms with Crippen molar-refractivity contribution in [2.24, 2.45) is 5.92 Å². The smallest absolute Gasteiger partial charge is 0.00926 e. The molecule has 2 atom stereocenters. The molecule has 1 N–H and O–H groups in total. The Morgan fingerprint density at radius 2 is 2.15 bits per heavy atom. The summed E-state index contributed by atoms with van der Waals surface area (Å²) in [5, 5.41) is 3.45. The van der Waals surface area contributed by atoms with E-state index in [1.807, 2.05) is 0 Å². The summed E-state index contributed by atoms with van der Waals surface area (Å²) in [6.07, 6.45) is 7.05. The van der Waals surface area contributed by atoms with Gasteiger partial charge in [0.25, 0.3) is 0 Å². The molecule has 1 nitrogen and oxygen atoms in total. The van der Waals surface area contributed by atoms with E-state index in [2.05, 4.69) is 31.1 Å². The molecule has 0 aromatic rings. The second kappa shape index (κ2) is 6.72. The summed E-state index contributed by atoms with van der Waals surface area (Å²) >= 11 is 2.12. The first kappa shape index (κ1) is 11.4. The van der Waals surface area contributed by atoms with Crippen LogP contribution in [0.1, 0.15) is 39.0 Å². The number of hydrogen-bond acceptors (Lipinski definition) is 2. The molecule has 0 amide bonds. The molecule has 13 heavy (non-hydrogen) atoms. The van der Waals surface area contributed by atoms with Crippen molar-refractivity contribution < 1.29 is 0 Å². The van der Waals surface area contributed by atoms with Crippen LogP contribution in [0.4, 0.5) is 0 Å². The fraction of sp³-hybridized carbons (Fsp3) is 1.00. The van der Waals surface area contributed by atoms with Gasteiger partial charge < -0.3 is 5.32 Å². The maximum Gasteiger partial charge on any atom is 0.00926 e. The van der Waals surface area contributed by atoms with Gasteiger partial charge in [-0.15, -0.1) is 0 Å². The van der Waals surface area contributed by atoms with Crippen LogP contribution in [0.3, 0.4) is 0 Å². The molecule has 1 rings (SSSR count). The van der Waals surface area contributed by atoms with Crippen molar-refractivity contribution in [3.63, 3.8) is 0 Å². The highest BCUT2D eigenvalue weighted by molar-refractivity contribution is 7.99. The summed E-state index contributed by atoms with van der Waals surface area (Å²) in [6.45, 7) is 2.26. The van der Waals surface area contributed by atoms with Gasteiger partial charge in [-0.3, -0.25) is 0 Å². The summed E-state index contributed by atoms with van der Waals surface area (Å²) < 4.78 is 0. The highest BCUT2D eigenvalue weighted by Gasteiger charge is 2.24. The van der Waals surface area contributed by atoms with Crippen LogP contribution < -0.4 is 5.32 Å². The Balaban J connectivity index is 2.06. The van der Waals surface area contributed by atoms with Gasteiger partial charge >= 0.3 is 0 Å². The number of thioether (sulfide) groups is 1. The predicted molar refractivity (Wildman–Crippen MR) is 62.4 cm³/mol. The molecule has 0 bridgehead atoms. The zero-order valence-corrected chi connectivity index (χ0v) is 9.83. The average molecular weight is 201 g/mol. The molecule has 0 spiro atoms. The third-order valence-corrected chi connectivity index (χ3v) is 4.23. The summed E-state index contributed by atoms with van der Waals surface area (Å²) in [6, 6.07) is 0.822. The summed E-state index contributed by atoms with van der Waals surface area (Å²) in [5.41, 5.74) is 0. The highest BCUT2D eigenvalue weighted by atomic mass is 32.2. The zero-order valence-electron chi connectivity index (χ0n) is 9.01. The van der Waals surface area contributed by atoms with Crippen molar-refractivity contribution >= 4 is 11.8 Å². The van der Waals surface area contributed by atoms with E-state index in [0.29, 0.717) is 0 Å². The SMILES string of the molecule is CCCSCCC1CCCC1NC. The fourth-order valence-electron chi connectivity index (χ4n) is 2.24. The van der Waals surface area contributed by atoms with Gasteiger partial charge in [0, 0.05) is 6.04 Å². The van der Waals surface area contributed by atoms with Crippen LogP contribution in [0.2, 0.25) is 0 Å². The standard InChI is InChI=1S/C11H23NS/c1-3-8-13-9-7-10-5-4-6-11(10)12-2/h10-12H,3-9H2,1-2H3. The van der Waals surface area contributed by atoms with Gasteiger partial charge in [-0.1, -0.05) is 13.3 Å². The third-order valence-electron chi connectivity index (χ3n) is 3.01. The summed E-state index contributed by atoms with van der Waals surface area (Å²) in [7, 11) is 2.11. The van der Waals surface area contributed by atoms with Crippen LogP contribution in [0.25, 0.3) is 0 Å².